The summed E-state index contributed by atoms with van der Waals surface area (Å²) in [5, 5.41) is 20.4. The monoisotopic (exact) mass is 355 g/mol. The normalized spacial score (nSPS) is 12.0. The van der Waals surface area contributed by atoms with Gasteiger partial charge < -0.3 is 9.84 Å². The number of hydrogen-bond donors (Lipinski definition) is 1. The summed E-state index contributed by atoms with van der Waals surface area (Å²) < 4.78 is 18.9. The van der Waals surface area contributed by atoms with Crippen LogP contribution in [0, 0.1) is 15.9 Å². The van der Waals surface area contributed by atoms with Gasteiger partial charge in [-0.2, -0.15) is 0 Å². The zero-order chi connectivity index (χ0) is 15.6. The molecule has 1 atom stereocenters. The fraction of sp³-hybridized carbons (Fsp3) is 0.143. The first-order valence-corrected chi connectivity index (χ1v) is 6.77. The van der Waals surface area contributed by atoms with Gasteiger partial charge >= 0.3 is 5.69 Å². The second-order valence-electron chi connectivity index (χ2n) is 4.34. The highest BCUT2D eigenvalue weighted by molar-refractivity contribution is 9.10. The molecule has 0 spiro atoms. The number of nitro benzene ring substituents is 1. The van der Waals surface area contributed by atoms with Gasteiger partial charge in [0.05, 0.1) is 15.5 Å². The molecule has 0 aliphatic heterocycles. The van der Waals surface area contributed by atoms with Crippen LogP contribution in [-0.4, -0.2) is 10.0 Å². The van der Waals surface area contributed by atoms with E-state index in [2.05, 4.69) is 15.9 Å². The summed E-state index contributed by atoms with van der Waals surface area (Å²) in [7, 11) is 0. The SMILES string of the molecule is C[C@H](O)c1ccc(Oc2cc(F)c(Br)cc2[N+](=O)[O-])cc1. The van der Waals surface area contributed by atoms with E-state index in [1.807, 2.05) is 0 Å². The van der Waals surface area contributed by atoms with Crippen molar-refractivity contribution in [1.82, 2.24) is 0 Å². The van der Waals surface area contributed by atoms with Crippen LogP contribution < -0.4 is 4.74 Å². The van der Waals surface area contributed by atoms with E-state index in [9.17, 15) is 19.6 Å². The second kappa shape index (κ2) is 6.19. The molecule has 110 valence electrons. The predicted molar refractivity (Wildman–Crippen MR) is 77.9 cm³/mol. The van der Waals surface area contributed by atoms with E-state index in [4.69, 9.17) is 4.74 Å². The first-order valence-electron chi connectivity index (χ1n) is 5.98. The first-order chi connectivity index (χ1) is 9.88. The molecule has 0 saturated heterocycles. The van der Waals surface area contributed by atoms with Gasteiger partial charge in [-0.05, 0) is 40.5 Å². The quantitative estimate of drug-likeness (QED) is 0.653. The number of ether oxygens (including phenoxy) is 1. The Bertz CT molecular complexity index is 673. The Labute approximate surface area is 128 Å². The van der Waals surface area contributed by atoms with Crippen LogP contribution >= 0.6 is 15.9 Å². The molecule has 0 aliphatic carbocycles. The number of rotatable bonds is 4. The van der Waals surface area contributed by atoms with Gasteiger partial charge in [-0.3, -0.25) is 10.1 Å². The van der Waals surface area contributed by atoms with Crippen molar-refractivity contribution in [1.29, 1.82) is 0 Å². The Hall–Kier alpha value is -1.99. The molecule has 0 amide bonds. The third kappa shape index (κ3) is 3.56. The lowest BCUT2D eigenvalue weighted by Crippen LogP contribution is -1.96. The number of nitro groups is 1. The average Bonchev–Trinajstić information content (AvgIpc) is 2.43. The van der Waals surface area contributed by atoms with E-state index < -0.39 is 16.8 Å². The van der Waals surface area contributed by atoms with Crippen LogP contribution in [0.15, 0.2) is 40.9 Å². The van der Waals surface area contributed by atoms with Gasteiger partial charge in [0.2, 0.25) is 5.75 Å². The van der Waals surface area contributed by atoms with Crippen molar-refractivity contribution in [3.8, 4) is 11.5 Å². The Balaban J connectivity index is 2.34. The van der Waals surface area contributed by atoms with Crippen LogP contribution in [0.5, 0.6) is 11.5 Å². The maximum Gasteiger partial charge on any atom is 0.312 e. The Morgan fingerprint density at radius 1 is 1.33 bits per heavy atom. The molecular weight excluding hydrogens is 345 g/mol. The number of hydrogen-bond acceptors (Lipinski definition) is 4. The van der Waals surface area contributed by atoms with Crippen LogP contribution in [0.4, 0.5) is 10.1 Å². The number of benzene rings is 2. The molecule has 7 heteroatoms. The molecule has 0 aromatic heterocycles. The van der Waals surface area contributed by atoms with Crippen molar-refractivity contribution in [2.45, 2.75) is 13.0 Å². The lowest BCUT2D eigenvalue weighted by atomic mass is 10.1. The lowest BCUT2D eigenvalue weighted by molar-refractivity contribution is -0.385. The summed E-state index contributed by atoms with van der Waals surface area (Å²) in [6, 6.07) is 8.35. The van der Waals surface area contributed by atoms with Crippen molar-refractivity contribution in [2.75, 3.05) is 0 Å². The molecule has 1 N–H and O–H groups in total. The number of aliphatic hydroxyl groups excluding tert-OH is 1. The molecule has 21 heavy (non-hydrogen) atoms. The maximum absolute atomic E-state index is 13.5. The summed E-state index contributed by atoms with van der Waals surface area (Å²) >= 11 is 2.90. The Morgan fingerprint density at radius 2 is 1.95 bits per heavy atom. The zero-order valence-electron chi connectivity index (χ0n) is 10.9. The highest BCUT2D eigenvalue weighted by Crippen LogP contribution is 2.35. The summed E-state index contributed by atoms with van der Waals surface area (Å²) in [6.45, 7) is 1.62. The van der Waals surface area contributed by atoms with Crippen molar-refractivity contribution >= 4 is 21.6 Å². The van der Waals surface area contributed by atoms with Gasteiger partial charge in [0, 0.05) is 12.1 Å². The van der Waals surface area contributed by atoms with Gasteiger partial charge in [-0.15, -0.1) is 0 Å². The largest absolute Gasteiger partial charge is 0.450 e. The van der Waals surface area contributed by atoms with Crippen LogP contribution in [0.25, 0.3) is 0 Å². The molecule has 5 nitrogen and oxygen atoms in total. The van der Waals surface area contributed by atoms with Crippen molar-refractivity contribution in [2.24, 2.45) is 0 Å². The van der Waals surface area contributed by atoms with Gasteiger partial charge in [-0.25, -0.2) is 4.39 Å². The fourth-order valence-electron chi connectivity index (χ4n) is 1.68. The molecule has 2 aromatic carbocycles. The molecular formula is C14H11BrFNO4. The van der Waals surface area contributed by atoms with E-state index in [1.165, 1.54) is 0 Å². The molecule has 2 aromatic rings. The molecule has 0 heterocycles. The summed E-state index contributed by atoms with van der Waals surface area (Å²) in [6.07, 6.45) is -0.626. The minimum atomic E-state index is -0.656. The fourth-order valence-corrected chi connectivity index (χ4v) is 2.02. The van der Waals surface area contributed by atoms with Crippen molar-refractivity contribution in [3.63, 3.8) is 0 Å². The second-order valence-corrected chi connectivity index (χ2v) is 5.19. The maximum atomic E-state index is 13.5. The molecule has 0 bridgehead atoms. The number of halogens is 2. The molecule has 0 aliphatic rings. The molecule has 0 radical (unpaired) electrons. The summed E-state index contributed by atoms with van der Waals surface area (Å²) in [5.41, 5.74) is 0.335. The van der Waals surface area contributed by atoms with Crippen molar-refractivity contribution in [3.05, 3.63) is 62.4 Å². The van der Waals surface area contributed by atoms with Gasteiger partial charge in [0.25, 0.3) is 0 Å². The number of nitrogens with zero attached hydrogens (tertiary/aromatic N) is 1. The predicted octanol–water partition coefficient (Wildman–Crippen LogP) is 4.34. The minimum absolute atomic E-state index is 0.00833. The summed E-state index contributed by atoms with van der Waals surface area (Å²) in [5.74, 6) is -0.536. The molecule has 0 fully saturated rings. The Kier molecular flexibility index (Phi) is 4.54. The highest BCUT2D eigenvalue weighted by atomic mass is 79.9. The van der Waals surface area contributed by atoms with E-state index in [0.717, 1.165) is 12.1 Å². The third-order valence-corrected chi connectivity index (χ3v) is 3.40. The standard InChI is InChI=1S/C14H11BrFNO4/c1-8(18)9-2-4-10(5-3-9)21-14-7-12(16)11(15)6-13(14)17(19)20/h2-8,18H,1H3/t8-/m0/s1. The number of aliphatic hydroxyl groups is 1. The molecule has 0 saturated carbocycles. The van der Waals surface area contributed by atoms with Crippen molar-refractivity contribution < 1.29 is 19.2 Å². The zero-order valence-corrected chi connectivity index (χ0v) is 12.5. The average molecular weight is 356 g/mol. The van der Waals surface area contributed by atoms with E-state index >= 15 is 0 Å². The van der Waals surface area contributed by atoms with Gasteiger partial charge in [-0.1, -0.05) is 12.1 Å². The van der Waals surface area contributed by atoms with Gasteiger partial charge in [0.15, 0.2) is 0 Å². The van der Waals surface area contributed by atoms with Gasteiger partial charge in [0.1, 0.15) is 11.6 Å². The molecule has 0 unspecified atom stereocenters. The topological polar surface area (TPSA) is 72.6 Å². The third-order valence-electron chi connectivity index (χ3n) is 2.79. The smallest absolute Gasteiger partial charge is 0.312 e. The van der Waals surface area contributed by atoms with Crippen LogP contribution in [0.2, 0.25) is 0 Å². The first kappa shape index (κ1) is 15.4. The summed E-state index contributed by atoms with van der Waals surface area (Å²) in [4.78, 5) is 10.3. The molecule has 2 rings (SSSR count). The minimum Gasteiger partial charge on any atom is -0.450 e. The van der Waals surface area contributed by atoms with Crippen LogP contribution in [0.3, 0.4) is 0 Å². The highest BCUT2D eigenvalue weighted by Gasteiger charge is 2.19. The van der Waals surface area contributed by atoms with E-state index in [-0.39, 0.29) is 15.9 Å². The van der Waals surface area contributed by atoms with E-state index in [1.54, 1.807) is 31.2 Å². The van der Waals surface area contributed by atoms with Crippen LogP contribution in [-0.2, 0) is 0 Å². The lowest BCUT2D eigenvalue weighted by Gasteiger charge is -2.09. The van der Waals surface area contributed by atoms with Crippen LogP contribution in [0.1, 0.15) is 18.6 Å². The Morgan fingerprint density at radius 3 is 2.48 bits per heavy atom. The van der Waals surface area contributed by atoms with E-state index in [0.29, 0.717) is 11.3 Å².